The first-order valence-electron chi connectivity index (χ1n) is 8.21. The molecular weight excluding hydrogens is 318 g/mol. The summed E-state index contributed by atoms with van der Waals surface area (Å²) in [5.41, 5.74) is 0.187. The first-order chi connectivity index (χ1) is 10.9. The van der Waals surface area contributed by atoms with E-state index in [1.54, 1.807) is 0 Å². The second kappa shape index (κ2) is 5.23. The summed E-state index contributed by atoms with van der Waals surface area (Å²) in [6.07, 6.45) is 6.90. The third kappa shape index (κ3) is 2.63. The Balaban J connectivity index is 1.69. The van der Waals surface area contributed by atoms with Gasteiger partial charge >= 0.3 is 5.97 Å². The fourth-order valence-electron chi connectivity index (χ4n) is 5.39. The highest BCUT2D eigenvalue weighted by Gasteiger charge is 2.51. The molecule has 4 saturated carbocycles. The summed E-state index contributed by atoms with van der Waals surface area (Å²) in [7, 11) is 0. The summed E-state index contributed by atoms with van der Waals surface area (Å²) in [5, 5.41) is 18.8. The Kier molecular flexibility index (Phi) is 3.41. The van der Waals surface area contributed by atoms with Gasteiger partial charge in [0.1, 0.15) is 5.02 Å². The van der Waals surface area contributed by atoms with Crippen LogP contribution in [0, 0.1) is 17.8 Å². The number of carbonyl (C=O) groups is 1. The van der Waals surface area contributed by atoms with Crippen molar-refractivity contribution in [3.05, 3.63) is 21.1 Å². The molecular formula is C16H20ClN3O3. The number of halogens is 1. The van der Waals surface area contributed by atoms with Gasteiger partial charge < -0.3 is 10.4 Å². The summed E-state index contributed by atoms with van der Waals surface area (Å²) in [6, 6.07) is 0. The lowest BCUT2D eigenvalue weighted by atomic mass is 9.53. The molecule has 5 rings (SSSR count). The van der Waals surface area contributed by atoms with Gasteiger partial charge in [0.05, 0.1) is 17.8 Å². The van der Waals surface area contributed by atoms with Crippen LogP contribution in [-0.4, -0.2) is 26.8 Å². The number of H-pyrrole nitrogens is 1. The molecule has 0 amide bonds. The number of carboxylic acids is 1. The Labute approximate surface area is 138 Å². The maximum absolute atomic E-state index is 11.8. The largest absolute Gasteiger partial charge is 0.481 e. The molecule has 1 aromatic heterocycles. The summed E-state index contributed by atoms with van der Waals surface area (Å²) in [6.45, 7) is 0. The maximum atomic E-state index is 11.8. The molecule has 0 aromatic carbocycles. The van der Waals surface area contributed by atoms with Crippen LogP contribution in [0.4, 0.5) is 5.69 Å². The van der Waals surface area contributed by atoms with Crippen molar-refractivity contribution in [3.63, 3.8) is 0 Å². The van der Waals surface area contributed by atoms with Crippen molar-refractivity contribution in [3.8, 4) is 0 Å². The first-order valence-corrected chi connectivity index (χ1v) is 8.59. The minimum atomic E-state index is -0.992. The molecule has 6 nitrogen and oxygen atoms in total. The lowest BCUT2D eigenvalue weighted by molar-refractivity contribution is -0.136. The molecule has 3 N–H and O–H groups in total. The summed E-state index contributed by atoms with van der Waals surface area (Å²) >= 11 is 6.18. The molecule has 0 aliphatic heterocycles. The quantitative estimate of drug-likeness (QED) is 0.784. The number of nitrogens with zero attached hydrogens (tertiary/aromatic N) is 1. The summed E-state index contributed by atoms with van der Waals surface area (Å²) in [5.74, 6) is 1.23. The van der Waals surface area contributed by atoms with Gasteiger partial charge in [0, 0.05) is 5.54 Å². The van der Waals surface area contributed by atoms with E-state index in [1.165, 1.54) is 19.3 Å². The van der Waals surface area contributed by atoms with Crippen molar-refractivity contribution in [2.45, 2.75) is 50.5 Å². The van der Waals surface area contributed by atoms with Gasteiger partial charge in [0.15, 0.2) is 0 Å². The second-order valence-electron chi connectivity index (χ2n) is 7.58. The zero-order valence-corrected chi connectivity index (χ0v) is 13.5. The number of rotatable bonds is 4. The molecule has 0 saturated heterocycles. The van der Waals surface area contributed by atoms with Gasteiger partial charge in [-0.2, -0.15) is 5.10 Å². The Morgan fingerprint density at radius 1 is 1.26 bits per heavy atom. The highest BCUT2D eigenvalue weighted by molar-refractivity contribution is 6.33. The predicted octanol–water partition coefficient (Wildman–Crippen LogP) is 2.43. The lowest BCUT2D eigenvalue weighted by Gasteiger charge is -2.57. The molecule has 7 heteroatoms. The summed E-state index contributed by atoms with van der Waals surface area (Å²) in [4.78, 5) is 22.9. The van der Waals surface area contributed by atoms with Crippen LogP contribution in [0.3, 0.4) is 0 Å². The van der Waals surface area contributed by atoms with Crippen molar-refractivity contribution in [1.82, 2.24) is 10.2 Å². The average molecular weight is 338 g/mol. The van der Waals surface area contributed by atoms with E-state index in [9.17, 15) is 9.59 Å². The standard InChI is InChI=1S/C16H20ClN3O3/c17-13-14(11(4-12(21)22)19-20-15(13)23)18-16-5-8-1-9(6-16)3-10(2-8)7-16/h8-10H,1-7H2,(H,21,22)(H2,18,20,23). The van der Waals surface area contributed by atoms with Crippen molar-refractivity contribution < 1.29 is 9.90 Å². The number of nitrogens with one attached hydrogen (secondary N) is 2. The average Bonchev–Trinajstić information content (AvgIpc) is 2.45. The van der Waals surface area contributed by atoms with Crippen LogP contribution < -0.4 is 10.9 Å². The Bertz CT molecular complexity index is 680. The molecule has 0 atom stereocenters. The smallest absolute Gasteiger partial charge is 0.309 e. The molecule has 4 bridgehead atoms. The van der Waals surface area contributed by atoms with Crippen LogP contribution in [0.2, 0.25) is 5.02 Å². The van der Waals surface area contributed by atoms with E-state index < -0.39 is 11.5 Å². The van der Waals surface area contributed by atoms with Gasteiger partial charge in [-0.15, -0.1) is 0 Å². The van der Waals surface area contributed by atoms with E-state index in [-0.39, 0.29) is 17.0 Å². The molecule has 4 fully saturated rings. The number of aliphatic carboxylic acids is 1. The Morgan fingerprint density at radius 2 is 1.83 bits per heavy atom. The number of hydrogen-bond donors (Lipinski definition) is 3. The molecule has 4 aliphatic rings. The number of carboxylic acid groups (broad SMARTS) is 1. The highest BCUT2D eigenvalue weighted by atomic mass is 35.5. The molecule has 0 unspecified atom stereocenters. The third-order valence-electron chi connectivity index (χ3n) is 5.75. The van der Waals surface area contributed by atoms with Crippen molar-refractivity contribution >= 4 is 23.3 Å². The molecule has 0 radical (unpaired) electrons. The SMILES string of the molecule is O=C(O)Cc1n[nH]c(=O)c(Cl)c1NC12CC3CC(CC(C3)C1)C2. The van der Waals surface area contributed by atoms with Crippen molar-refractivity contribution in [2.24, 2.45) is 17.8 Å². The molecule has 1 aromatic rings. The Morgan fingerprint density at radius 3 is 2.35 bits per heavy atom. The van der Waals surface area contributed by atoms with Crippen molar-refractivity contribution in [1.29, 1.82) is 0 Å². The Hall–Kier alpha value is -1.56. The van der Waals surface area contributed by atoms with E-state index in [1.807, 2.05) is 0 Å². The topological polar surface area (TPSA) is 95.1 Å². The van der Waals surface area contributed by atoms with Crippen LogP contribution in [0.25, 0.3) is 0 Å². The van der Waals surface area contributed by atoms with Gasteiger partial charge in [0.25, 0.3) is 5.56 Å². The second-order valence-corrected chi connectivity index (χ2v) is 7.96. The van der Waals surface area contributed by atoms with Gasteiger partial charge in [-0.1, -0.05) is 11.6 Å². The van der Waals surface area contributed by atoms with E-state index in [2.05, 4.69) is 15.5 Å². The van der Waals surface area contributed by atoms with Crippen LogP contribution in [0.5, 0.6) is 0 Å². The van der Waals surface area contributed by atoms with Gasteiger partial charge in [0.2, 0.25) is 0 Å². The number of anilines is 1. The number of hydrogen-bond acceptors (Lipinski definition) is 4. The van der Waals surface area contributed by atoms with Crippen LogP contribution in [0.1, 0.15) is 44.2 Å². The zero-order valence-electron chi connectivity index (χ0n) is 12.8. The maximum Gasteiger partial charge on any atom is 0.309 e. The predicted molar refractivity (Wildman–Crippen MR) is 85.7 cm³/mol. The highest BCUT2D eigenvalue weighted by Crippen LogP contribution is 2.56. The fraction of sp³-hybridized carbons (Fsp3) is 0.688. The minimum Gasteiger partial charge on any atom is -0.481 e. The zero-order chi connectivity index (χ0) is 16.2. The van der Waals surface area contributed by atoms with Crippen molar-refractivity contribution in [2.75, 3.05) is 5.32 Å². The number of aromatic nitrogens is 2. The fourth-order valence-corrected chi connectivity index (χ4v) is 5.59. The van der Waals surface area contributed by atoms with Crippen LogP contribution in [-0.2, 0) is 11.2 Å². The van der Waals surface area contributed by atoms with E-state index in [0.29, 0.717) is 11.4 Å². The van der Waals surface area contributed by atoms with E-state index in [0.717, 1.165) is 37.0 Å². The molecule has 4 aliphatic carbocycles. The van der Waals surface area contributed by atoms with Gasteiger partial charge in [-0.3, -0.25) is 9.59 Å². The van der Waals surface area contributed by atoms with Gasteiger partial charge in [-0.05, 0) is 56.3 Å². The minimum absolute atomic E-state index is 0.0204. The number of aromatic amines is 1. The first kappa shape index (κ1) is 15.0. The lowest BCUT2D eigenvalue weighted by Crippen LogP contribution is -2.55. The van der Waals surface area contributed by atoms with E-state index in [4.69, 9.17) is 16.7 Å². The third-order valence-corrected chi connectivity index (χ3v) is 6.11. The monoisotopic (exact) mass is 337 g/mol. The van der Waals surface area contributed by atoms with E-state index >= 15 is 0 Å². The van der Waals surface area contributed by atoms with Crippen LogP contribution >= 0.6 is 11.6 Å². The molecule has 23 heavy (non-hydrogen) atoms. The summed E-state index contributed by atoms with van der Waals surface area (Å²) < 4.78 is 0. The molecule has 0 spiro atoms. The normalized spacial score (nSPS) is 34.6. The molecule has 1 heterocycles. The molecule has 124 valence electrons. The van der Waals surface area contributed by atoms with Crippen LogP contribution in [0.15, 0.2) is 4.79 Å². The van der Waals surface area contributed by atoms with Gasteiger partial charge in [-0.25, -0.2) is 5.10 Å².